The number of hydrogen-bond acceptors (Lipinski definition) is 3. The Morgan fingerprint density at radius 2 is 2.05 bits per heavy atom. The van der Waals surface area contributed by atoms with Crippen LogP contribution in [0.1, 0.15) is 12.5 Å². The molecule has 0 saturated carbocycles. The first kappa shape index (κ1) is 18.7. The zero-order valence-electron chi connectivity index (χ0n) is 12.6. The first-order valence-electron chi connectivity index (χ1n) is 6.92. The third-order valence-corrected chi connectivity index (χ3v) is 4.03. The molecule has 122 valence electrons. The van der Waals surface area contributed by atoms with Gasteiger partial charge in [0, 0.05) is 13.1 Å². The fourth-order valence-electron chi connectivity index (χ4n) is 1.99. The van der Waals surface area contributed by atoms with Crippen LogP contribution in [0, 0.1) is 5.92 Å². The van der Waals surface area contributed by atoms with Crippen molar-refractivity contribution in [1.82, 2.24) is 10.2 Å². The van der Waals surface area contributed by atoms with E-state index in [4.69, 9.17) is 28.3 Å². The molecule has 0 aliphatic heterocycles. The van der Waals surface area contributed by atoms with Crippen molar-refractivity contribution in [2.24, 2.45) is 5.92 Å². The van der Waals surface area contributed by atoms with Gasteiger partial charge in [-0.05, 0) is 25.1 Å². The number of aliphatic carboxylic acids is 1. The van der Waals surface area contributed by atoms with Crippen molar-refractivity contribution in [3.05, 3.63) is 33.8 Å². The highest BCUT2D eigenvalue weighted by Gasteiger charge is 2.15. The van der Waals surface area contributed by atoms with Crippen LogP contribution in [0.5, 0.6) is 0 Å². The van der Waals surface area contributed by atoms with Crippen LogP contribution in [0.2, 0.25) is 10.0 Å². The summed E-state index contributed by atoms with van der Waals surface area (Å²) in [5, 5.41) is 12.6. The van der Waals surface area contributed by atoms with E-state index in [2.05, 4.69) is 5.32 Å². The number of carboxylic acids is 1. The molecule has 0 heterocycles. The minimum Gasteiger partial charge on any atom is -0.481 e. The van der Waals surface area contributed by atoms with Crippen molar-refractivity contribution in [1.29, 1.82) is 0 Å². The van der Waals surface area contributed by atoms with Gasteiger partial charge in [-0.25, -0.2) is 0 Å². The van der Waals surface area contributed by atoms with Crippen LogP contribution >= 0.6 is 23.2 Å². The zero-order valence-corrected chi connectivity index (χ0v) is 14.1. The Labute approximate surface area is 140 Å². The molecule has 0 saturated heterocycles. The average Bonchev–Trinajstić information content (AvgIpc) is 2.43. The number of carboxylic acid groups (broad SMARTS) is 1. The fraction of sp³-hybridized carbons (Fsp3) is 0.467. The molecule has 1 unspecified atom stereocenters. The monoisotopic (exact) mass is 346 g/mol. The average molecular weight is 347 g/mol. The number of halogens is 2. The second-order valence-corrected chi connectivity index (χ2v) is 6.03. The molecule has 7 heteroatoms. The molecule has 22 heavy (non-hydrogen) atoms. The Balaban J connectivity index is 2.34. The van der Waals surface area contributed by atoms with Crippen LogP contribution in [-0.2, 0) is 16.0 Å². The van der Waals surface area contributed by atoms with Crippen LogP contribution in [0.25, 0.3) is 0 Å². The molecule has 1 rings (SSSR count). The SMILES string of the molecule is CC(CN(C)CC(=O)NCCc1cccc(Cl)c1Cl)C(=O)O. The lowest BCUT2D eigenvalue weighted by Crippen LogP contribution is -2.38. The van der Waals surface area contributed by atoms with Crippen LogP contribution in [0.15, 0.2) is 18.2 Å². The van der Waals surface area contributed by atoms with Crippen LogP contribution < -0.4 is 5.32 Å². The van der Waals surface area contributed by atoms with Crippen molar-refractivity contribution in [3.8, 4) is 0 Å². The van der Waals surface area contributed by atoms with Gasteiger partial charge in [0.2, 0.25) is 5.91 Å². The summed E-state index contributed by atoms with van der Waals surface area (Å²) < 4.78 is 0. The number of nitrogens with zero attached hydrogens (tertiary/aromatic N) is 1. The van der Waals surface area contributed by atoms with Gasteiger partial charge in [-0.15, -0.1) is 0 Å². The molecule has 5 nitrogen and oxygen atoms in total. The Kier molecular flexibility index (Phi) is 7.65. The predicted octanol–water partition coefficient (Wildman–Crippen LogP) is 2.30. The van der Waals surface area contributed by atoms with Crippen molar-refractivity contribution in [2.45, 2.75) is 13.3 Å². The second kappa shape index (κ2) is 8.98. The Hall–Kier alpha value is -1.30. The Morgan fingerprint density at radius 3 is 2.68 bits per heavy atom. The fourth-order valence-corrected chi connectivity index (χ4v) is 2.40. The number of carbonyl (C=O) groups is 2. The summed E-state index contributed by atoms with van der Waals surface area (Å²) in [5.41, 5.74) is 0.877. The van der Waals surface area contributed by atoms with E-state index >= 15 is 0 Å². The van der Waals surface area contributed by atoms with Crippen LogP contribution in [-0.4, -0.2) is 48.6 Å². The van der Waals surface area contributed by atoms with Crippen molar-refractivity contribution in [3.63, 3.8) is 0 Å². The molecule has 0 aliphatic rings. The standard InChI is InChI=1S/C15H20Cl2N2O3/c1-10(15(21)22)8-19(2)9-13(20)18-7-6-11-4-3-5-12(16)14(11)17/h3-5,10H,6-9H2,1-2H3,(H,18,20)(H,21,22). The van der Waals surface area contributed by atoms with E-state index < -0.39 is 11.9 Å². The topological polar surface area (TPSA) is 69.6 Å². The van der Waals surface area contributed by atoms with Gasteiger partial charge < -0.3 is 10.4 Å². The van der Waals surface area contributed by atoms with Gasteiger partial charge >= 0.3 is 5.97 Å². The van der Waals surface area contributed by atoms with Gasteiger partial charge in [0.15, 0.2) is 0 Å². The molecule has 0 bridgehead atoms. The van der Waals surface area contributed by atoms with E-state index in [1.165, 1.54) is 0 Å². The number of amides is 1. The number of benzene rings is 1. The lowest BCUT2D eigenvalue weighted by molar-refractivity contribution is -0.142. The summed E-state index contributed by atoms with van der Waals surface area (Å²) in [5.74, 6) is -1.54. The summed E-state index contributed by atoms with van der Waals surface area (Å²) in [6, 6.07) is 5.39. The van der Waals surface area contributed by atoms with Crippen molar-refractivity contribution < 1.29 is 14.7 Å². The molecule has 1 aromatic rings. The van der Waals surface area contributed by atoms with Crippen molar-refractivity contribution >= 4 is 35.1 Å². The summed E-state index contributed by atoms with van der Waals surface area (Å²) in [4.78, 5) is 24.2. The molecule has 1 atom stereocenters. The quantitative estimate of drug-likeness (QED) is 0.757. The normalized spacial score (nSPS) is 12.2. The summed E-state index contributed by atoms with van der Waals surface area (Å²) in [6.07, 6.45) is 0.584. The number of likely N-dealkylation sites (N-methyl/N-ethyl adjacent to an activating group) is 1. The molecule has 0 radical (unpaired) electrons. The Bertz CT molecular complexity index is 538. The largest absolute Gasteiger partial charge is 0.481 e. The predicted molar refractivity (Wildman–Crippen MR) is 87.5 cm³/mol. The van der Waals surface area contributed by atoms with Gasteiger partial charge in [-0.1, -0.05) is 42.3 Å². The maximum atomic E-state index is 11.8. The van der Waals surface area contributed by atoms with E-state index in [0.717, 1.165) is 5.56 Å². The molecule has 0 aliphatic carbocycles. The van der Waals surface area contributed by atoms with E-state index in [1.54, 1.807) is 24.9 Å². The molecule has 0 aromatic heterocycles. The summed E-state index contributed by atoms with van der Waals surface area (Å²) in [7, 11) is 1.72. The molecule has 2 N–H and O–H groups in total. The Morgan fingerprint density at radius 1 is 1.36 bits per heavy atom. The van der Waals surface area contributed by atoms with E-state index in [9.17, 15) is 9.59 Å². The minimum atomic E-state index is -0.872. The number of nitrogens with one attached hydrogen (secondary N) is 1. The molecule has 1 amide bonds. The van der Waals surface area contributed by atoms with Gasteiger partial charge in [0.1, 0.15) is 0 Å². The third kappa shape index (κ3) is 6.22. The highest BCUT2D eigenvalue weighted by atomic mass is 35.5. The van der Waals surface area contributed by atoms with Gasteiger partial charge in [-0.2, -0.15) is 0 Å². The summed E-state index contributed by atoms with van der Waals surface area (Å²) in [6.45, 7) is 2.53. The van der Waals surface area contributed by atoms with Crippen LogP contribution in [0.3, 0.4) is 0 Å². The maximum absolute atomic E-state index is 11.8. The van der Waals surface area contributed by atoms with Gasteiger partial charge in [-0.3, -0.25) is 14.5 Å². The molecule has 0 spiro atoms. The smallest absolute Gasteiger partial charge is 0.307 e. The van der Waals surface area contributed by atoms with Gasteiger partial charge in [0.25, 0.3) is 0 Å². The third-order valence-electron chi connectivity index (χ3n) is 3.17. The molecule has 1 aromatic carbocycles. The number of rotatable bonds is 8. The van der Waals surface area contributed by atoms with Crippen molar-refractivity contribution in [2.75, 3.05) is 26.7 Å². The highest BCUT2D eigenvalue weighted by Crippen LogP contribution is 2.25. The number of hydrogen-bond donors (Lipinski definition) is 2. The first-order valence-corrected chi connectivity index (χ1v) is 7.67. The highest BCUT2D eigenvalue weighted by molar-refractivity contribution is 6.42. The first-order chi connectivity index (χ1) is 10.3. The summed E-state index contributed by atoms with van der Waals surface area (Å²) >= 11 is 12.0. The second-order valence-electron chi connectivity index (χ2n) is 5.25. The molecular weight excluding hydrogens is 327 g/mol. The van der Waals surface area contributed by atoms with Gasteiger partial charge in [0.05, 0.1) is 22.5 Å². The number of carbonyl (C=O) groups excluding carboxylic acids is 1. The van der Waals surface area contributed by atoms with E-state index in [1.807, 2.05) is 12.1 Å². The molecule has 0 fully saturated rings. The van der Waals surface area contributed by atoms with E-state index in [0.29, 0.717) is 29.6 Å². The minimum absolute atomic E-state index is 0.154. The van der Waals surface area contributed by atoms with E-state index in [-0.39, 0.29) is 12.5 Å². The lowest BCUT2D eigenvalue weighted by atomic mass is 10.1. The zero-order chi connectivity index (χ0) is 16.7. The van der Waals surface area contributed by atoms with Crippen LogP contribution in [0.4, 0.5) is 0 Å². The molecular formula is C15H20Cl2N2O3. The maximum Gasteiger partial charge on any atom is 0.307 e. The lowest BCUT2D eigenvalue weighted by Gasteiger charge is -2.18.